The van der Waals surface area contributed by atoms with Crippen LogP contribution in [0.1, 0.15) is 28.7 Å². The number of hydrogen-bond donors (Lipinski definition) is 2. The molecule has 194 valence electrons. The second-order valence-electron chi connectivity index (χ2n) is 8.46. The van der Waals surface area contributed by atoms with Crippen molar-refractivity contribution in [1.29, 1.82) is 0 Å². The molecule has 1 fully saturated rings. The van der Waals surface area contributed by atoms with E-state index in [1.54, 1.807) is 6.07 Å². The number of amides is 2. The number of alkyl halides is 3. The monoisotopic (exact) mass is 518 g/mol. The van der Waals surface area contributed by atoms with Crippen LogP contribution >= 0.6 is 0 Å². The average molecular weight is 518 g/mol. The molecule has 37 heavy (non-hydrogen) atoms. The molecule has 0 aromatic carbocycles. The van der Waals surface area contributed by atoms with Gasteiger partial charge in [-0.3, -0.25) is 14.8 Å². The van der Waals surface area contributed by atoms with Crippen LogP contribution in [-0.2, 0) is 12.7 Å². The van der Waals surface area contributed by atoms with Crippen molar-refractivity contribution < 1.29 is 32.3 Å². The van der Waals surface area contributed by atoms with E-state index < -0.39 is 29.7 Å². The Balaban J connectivity index is 1.37. The van der Waals surface area contributed by atoms with E-state index in [1.807, 2.05) is 11.8 Å². The summed E-state index contributed by atoms with van der Waals surface area (Å²) >= 11 is 0. The molecule has 1 saturated heterocycles. The van der Waals surface area contributed by atoms with Gasteiger partial charge >= 0.3 is 12.3 Å². The quantitative estimate of drug-likeness (QED) is 0.494. The number of halogens is 4. The first-order valence-corrected chi connectivity index (χ1v) is 11.2. The Hall–Kier alpha value is -4.29. The van der Waals surface area contributed by atoms with Crippen LogP contribution in [-0.4, -0.2) is 62.6 Å². The molecule has 2 amide bonds. The van der Waals surface area contributed by atoms with Crippen molar-refractivity contribution in [3.63, 3.8) is 0 Å². The van der Waals surface area contributed by atoms with Crippen LogP contribution in [0.2, 0.25) is 0 Å². The van der Waals surface area contributed by atoms with Crippen molar-refractivity contribution in [1.82, 2.24) is 25.2 Å². The maximum Gasteiger partial charge on any atom is 0.433 e. The topological polar surface area (TPSA) is 112 Å². The molecule has 1 atom stereocenters. The van der Waals surface area contributed by atoms with E-state index in [0.717, 1.165) is 24.0 Å². The van der Waals surface area contributed by atoms with Crippen molar-refractivity contribution in [3.8, 4) is 11.3 Å². The van der Waals surface area contributed by atoms with E-state index in [1.165, 1.54) is 29.4 Å². The summed E-state index contributed by atoms with van der Waals surface area (Å²) in [4.78, 5) is 38.4. The molecule has 0 radical (unpaired) electrons. The van der Waals surface area contributed by atoms with Gasteiger partial charge in [-0.2, -0.15) is 13.2 Å². The van der Waals surface area contributed by atoms with Gasteiger partial charge in [-0.05, 0) is 42.8 Å². The van der Waals surface area contributed by atoms with Crippen molar-refractivity contribution in [2.24, 2.45) is 0 Å². The molecule has 2 N–H and O–H groups in total. The van der Waals surface area contributed by atoms with Crippen LogP contribution in [0.15, 0.2) is 48.9 Å². The van der Waals surface area contributed by atoms with Crippen molar-refractivity contribution in [2.75, 3.05) is 24.5 Å². The smallest absolute Gasteiger partial charge is 0.433 e. The molecule has 13 heteroatoms. The fourth-order valence-corrected chi connectivity index (χ4v) is 3.98. The molecule has 4 heterocycles. The first-order chi connectivity index (χ1) is 17.5. The van der Waals surface area contributed by atoms with E-state index in [2.05, 4.69) is 20.3 Å². The summed E-state index contributed by atoms with van der Waals surface area (Å²) in [5, 5.41) is 11.8. The standard InChI is InChI=1S/C24H22F4N6O3/c1-14-13-33(6-7-34(14)23(36)37)17-2-3-19(30-12-17)22(35)32-11-15-8-18(25)21(31-10-15)16-4-5-29-20(9-16)24(26,27)28/h2-5,8-10,12,14H,6-7,11,13H2,1H3,(H,32,35)(H,36,37). The molecule has 3 aromatic rings. The Morgan fingerprint density at radius 1 is 1.11 bits per heavy atom. The highest BCUT2D eigenvalue weighted by Crippen LogP contribution is 2.30. The number of carbonyl (C=O) groups excluding carboxylic acids is 1. The van der Waals surface area contributed by atoms with Gasteiger partial charge in [0.2, 0.25) is 0 Å². The Morgan fingerprint density at radius 3 is 2.51 bits per heavy atom. The zero-order chi connectivity index (χ0) is 26.7. The largest absolute Gasteiger partial charge is 0.465 e. The third kappa shape index (κ3) is 5.93. The highest BCUT2D eigenvalue weighted by atomic mass is 19.4. The minimum atomic E-state index is -4.67. The Kier molecular flexibility index (Phi) is 7.23. The van der Waals surface area contributed by atoms with Gasteiger partial charge in [0.15, 0.2) is 0 Å². The van der Waals surface area contributed by atoms with Crippen molar-refractivity contribution in [3.05, 3.63) is 71.7 Å². The number of nitrogens with zero attached hydrogens (tertiary/aromatic N) is 5. The van der Waals surface area contributed by atoms with Gasteiger partial charge < -0.3 is 20.2 Å². The maximum atomic E-state index is 14.6. The predicted octanol–water partition coefficient (Wildman–Crippen LogP) is 3.82. The van der Waals surface area contributed by atoms with Crippen molar-refractivity contribution in [2.45, 2.75) is 25.7 Å². The lowest BCUT2D eigenvalue weighted by Crippen LogP contribution is -2.53. The predicted molar refractivity (Wildman–Crippen MR) is 124 cm³/mol. The van der Waals surface area contributed by atoms with Gasteiger partial charge in [0.25, 0.3) is 5.91 Å². The van der Waals surface area contributed by atoms with E-state index >= 15 is 0 Å². The minimum Gasteiger partial charge on any atom is -0.465 e. The summed E-state index contributed by atoms with van der Waals surface area (Å²) < 4.78 is 53.3. The number of carbonyl (C=O) groups is 2. The van der Waals surface area contributed by atoms with E-state index in [0.29, 0.717) is 25.2 Å². The first-order valence-electron chi connectivity index (χ1n) is 11.2. The molecule has 0 saturated carbocycles. The first kappa shape index (κ1) is 25.8. The normalized spacial score (nSPS) is 16.0. The molecule has 0 bridgehead atoms. The Morgan fingerprint density at radius 2 is 1.89 bits per heavy atom. The fourth-order valence-electron chi connectivity index (χ4n) is 3.98. The number of piperazine rings is 1. The SMILES string of the molecule is CC1CN(c2ccc(C(=O)NCc3cnc(-c4ccnc(C(F)(F)F)c4)c(F)c3)nc2)CCN1C(=O)O. The zero-order valence-electron chi connectivity index (χ0n) is 19.5. The second kappa shape index (κ2) is 10.4. The molecular weight excluding hydrogens is 496 g/mol. The lowest BCUT2D eigenvalue weighted by molar-refractivity contribution is -0.141. The molecule has 1 unspecified atom stereocenters. The number of nitrogens with one attached hydrogen (secondary N) is 1. The minimum absolute atomic E-state index is 0.0709. The van der Waals surface area contributed by atoms with Gasteiger partial charge in [0.05, 0.1) is 11.9 Å². The van der Waals surface area contributed by atoms with Crippen molar-refractivity contribution >= 4 is 17.7 Å². The molecule has 1 aliphatic rings. The van der Waals surface area contributed by atoms with Crippen LogP contribution < -0.4 is 10.2 Å². The lowest BCUT2D eigenvalue weighted by Gasteiger charge is -2.39. The number of rotatable bonds is 5. The summed E-state index contributed by atoms with van der Waals surface area (Å²) in [6.45, 7) is 3.08. The third-order valence-electron chi connectivity index (χ3n) is 5.89. The van der Waals surface area contributed by atoms with Gasteiger partial charge in [0, 0.05) is 50.2 Å². The molecule has 0 spiro atoms. The number of aromatic nitrogens is 3. The van der Waals surface area contributed by atoms with Crippen LogP contribution in [0.5, 0.6) is 0 Å². The molecule has 1 aliphatic heterocycles. The molecule has 3 aromatic heterocycles. The van der Waals surface area contributed by atoms with Gasteiger partial charge in [-0.15, -0.1) is 0 Å². The van der Waals surface area contributed by atoms with E-state index in [9.17, 15) is 32.3 Å². The van der Waals surface area contributed by atoms with Gasteiger partial charge in [0.1, 0.15) is 22.9 Å². The summed E-state index contributed by atoms with van der Waals surface area (Å²) in [6.07, 6.45) is -1.91. The highest BCUT2D eigenvalue weighted by molar-refractivity contribution is 5.92. The van der Waals surface area contributed by atoms with E-state index in [-0.39, 0.29) is 29.5 Å². The Bertz CT molecular complexity index is 1300. The number of hydrogen-bond acceptors (Lipinski definition) is 6. The van der Waals surface area contributed by atoms with Crippen LogP contribution in [0.3, 0.4) is 0 Å². The number of anilines is 1. The lowest BCUT2D eigenvalue weighted by atomic mass is 10.1. The summed E-state index contributed by atoms with van der Waals surface area (Å²) in [5.41, 5.74) is -0.306. The average Bonchev–Trinajstić information content (AvgIpc) is 2.86. The van der Waals surface area contributed by atoms with Crippen LogP contribution in [0, 0.1) is 5.82 Å². The molecular formula is C24H22F4N6O3. The molecule has 4 rings (SSSR count). The van der Waals surface area contributed by atoms with Gasteiger partial charge in [-0.25, -0.2) is 14.2 Å². The summed E-state index contributed by atoms with van der Waals surface area (Å²) in [6, 6.07) is 6.08. The van der Waals surface area contributed by atoms with Gasteiger partial charge in [-0.1, -0.05) is 0 Å². The fraction of sp³-hybridized carbons (Fsp3) is 0.292. The summed E-state index contributed by atoms with van der Waals surface area (Å²) in [7, 11) is 0. The highest BCUT2D eigenvalue weighted by Gasteiger charge is 2.33. The Labute approximate surface area is 208 Å². The zero-order valence-corrected chi connectivity index (χ0v) is 19.5. The maximum absolute atomic E-state index is 14.6. The van der Waals surface area contributed by atoms with Crippen LogP contribution in [0.4, 0.5) is 28.0 Å². The third-order valence-corrected chi connectivity index (χ3v) is 5.89. The summed E-state index contributed by atoms with van der Waals surface area (Å²) in [5.74, 6) is -1.35. The number of carboxylic acid groups (broad SMARTS) is 1. The molecule has 9 nitrogen and oxygen atoms in total. The second-order valence-corrected chi connectivity index (χ2v) is 8.46. The molecule has 0 aliphatic carbocycles. The van der Waals surface area contributed by atoms with E-state index in [4.69, 9.17) is 0 Å². The van der Waals surface area contributed by atoms with Crippen LogP contribution in [0.25, 0.3) is 11.3 Å². The number of pyridine rings is 3.